The molecule has 4 rings (SSSR count). The summed E-state index contributed by atoms with van der Waals surface area (Å²) < 4.78 is 12.9. The first-order valence-electron chi connectivity index (χ1n) is 10.7. The zero-order valence-corrected chi connectivity index (χ0v) is 23.1. The number of amides is 2. The predicted octanol–water partition coefficient (Wildman–Crippen LogP) is 5.33. The molecule has 37 heavy (non-hydrogen) atoms. The van der Waals surface area contributed by atoms with Crippen LogP contribution in [0.2, 0.25) is 0 Å². The van der Waals surface area contributed by atoms with E-state index in [4.69, 9.17) is 21.7 Å². The molecule has 0 unspecified atom stereocenters. The number of carboxylic acid groups (broad SMARTS) is 1. The number of carboxylic acids is 1. The minimum absolute atomic E-state index is 0.0262. The Morgan fingerprint density at radius 2 is 1.81 bits per heavy atom. The molecule has 0 bridgehead atoms. The molecule has 0 radical (unpaired) electrons. The van der Waals surface area contributed by atoms with Crippen molar-refractivity contribution in [3.63, 3.8) is 0 Å². The molecular weight excluding hydrogens is 628 g/mol. The molecule has 11 heteroatoms. The zero-order valence-electron chi connectivity index (χ0n) is 19.2. The van der Waals surface area contributed by atoms with Crippen molar-refractivity contribution >= 4 is 78.7 Å². The van der Waals surface area contributed by atoms with E-state index in [0.717, 1.165) is 14.9 Å². The number of hydrogen-bond acceptors (Lipinski definition) is 6. The molecule has 0 saturated carbocycles. The lowest BCUT2D eigenvalue weighted by Gasteiger charge is -2.29. The molecule has 0 atom stereocenters. The average molecular weight is 646 g/mol. The SMILES string of the molecule is COc1cc(C=C2C(=O)NC(=S)N(c3cccc(C(=O)O)c3)C2=O)c(Br)cc1OCc1ccc(Br)cc1. The van der Waals surface area contributed by atoms with E-state index in [0.29, 0.717) is 28.1 Å². The molecule has 1 heterocycles. The summed E-state index contributed by atoms with van der Waals surface area (Å²) in [4.78, 5) is 38.5. The summed E-state index contributed by atoms with van der Waals surface area (Å²) >= 11 is 12.1. The van der Waals surface area contributed by atoms with Crippen molar-refractivity contribution < 1.29 is 29.0 Å². The van der Waals surface area contributed by atoms with E-state index in [9.17, 15) is 19.5 Å². The van der Waals surface area contributed by atoms with Crippen molar-refractivity contribution in [1.29, 1.82) is 0 Å². The fourth-order valence-electron chi connectivity index (χ4n) is 3.50. The van der Waals surface area contributed by atoms with E-state index in [1.54, 1.807) is 12.1 Å². The van der Waals surface area contributed by atoms with Gasteiger partial charge in [-0.2, -0.15) is 0 Å². The second-order valence-electron chi connectivity index (χ2n) is 7.75. The number of methoxy groups -OCH3 is 1. The van der Waals surface area contributed by atoms with Crippen LogP contribution in [0.5, 0.6) is 11.5 Å². The third-order valence-corrected chi connectivity index (χ3v) is 6.84. The number of hydrogen-bond donors (Lipinski definition) is 2. The Labute approximate surface area is 234 Å². The second-order valence-corrected chi connectivity index (χ2v) is 9.91. The average Bonchev–Trinajstić information content (AvgIpc) is 2.87. The quantitative estimate of drug-likeness (QED) is 0.203. The third-order valence-electron chi connectivity index (χ3n) is 5.34. The smallest absolute Gasteiger partial charge is 0.335 e. The third kappa shape index (κ3) is 5.90. The lowest BCUT2D eigenvalue weighted by molar-refractivity contribution is -0.122. The second kappa shape index (κ2) is 11.2. The van der Waals surface area contributed by atoms with E-state index < -0.39 is 17.8 Å². The van der Waals surface area contributed by atoms with Crippen molar-refractivity contribution in [3.05, 3.63) is 91.9 Å². The summed E-state index contributed by atoms with van der Waals surface area (Å²) in [5.41, 5.74) is 1.44. The number of thiocarbonyl (C=S) groups is 1. The van der Waals surface area contributed by atoms with Crippen molar-refractivity contribution in [2.75, 3.05) is 12.0 Å². The highest BCUT2D eigenvalue weighted by atomic mass is 79.9. The Morgan fingerprint density at radius 3 is 2.49 bits per heavy atom. The molecule has 2 N–H and O–H groups in total. The van der Waals surface area contributed by atoms with Crippen molar-refractivity contribution in [2.24, 2.45) is 0 Å². The monoisotopic (exact) mass is 644 g/mol. The van der Waals surface area contributed by atoms with E-state index in [1.807, 2.05) is 24.3 Å². The summed E-state index contributed by atoms with van der Waals surface area (Å²) in [6.07, 6.45) is 1.40. The van der Waals surface area contributed by atoms with Crippen LogP contribution in [-0.2, 0) is 16.2 Å². The van der Waals surface area contributed by atoms with Crippen molar-refractivity contribution in [2.45, 2.75) is 6.61 Å². The Morgan fingerprint density at radius 1 is 1.08 bits per heavy atom. The van der Waals surface area contributed by atoms with Gasteiger partial charge in [-0.3, -0.25) is 19.8 Å². The van der Waals surface area contributed by atoms with Crippen LogP contribution in [0.25, 0.3) is 6.08 Å². The lowest BCUT2D eigenvalue weighted by atomic mass is 10.1. The number of nitrogens with zero attached hydrogens (tertiary/aromatic N) is 1. The first kappa shape index (κ1) is 26.5. The normalized spacial score (nSPS) is 14.5. The van der Waals surface area contributed by atoms with Gasteiger partial charge >= 0.3 is 5.97 Å². The minimum atomic E-state index is -1.16. The van der Waals surface area contributed by atoms with Gasteiger partial charge in [-0.15, -0.1) is 0 Å². The van der Waals surface area contributed by atoms with Gasteiger partial charge in [0.2, 0.25) is 0 Å². The van der Waals surface area contributed by atoms with Crippen molar-refractivity contribution in [3.8, 4) is 11.5 Å². The van der Waals surface area contributed by atoms with E-state index >= 15 is 0 Å². The Bertz CT molecular complexity index is 1460. The van der Waals surface area contributed by atoms with Gasteiger partial charge in [-0.25, -0.2) is 4.79 Å². The van der Waals surface area contributed by atoms with Gasteiger partial charge in [-0.1, -0.05) is 50.1 Å². The molecule has 0 aromatic heterocycles. The summed E-state index contributed by atoms with van der Waals surface area (Å²) in [5, 5.41) is 11.6. The molecule has 188 valence electrons. The highest BCUT2D eigenvalue weighted by Gasteiger charge is 2.35. The van der Waals surface area contributed by atoms with Gasteiger partial charge in [0, 0.05) is 8.95 Å². The topological polar surface area (TPSA) is 105 Å². The number of benzene rings is 3. The van der Waals surface area contributed by atoms with Crippen LogP contribution >= 0.6 is 44.1 Å². The highest BCUT2D eigenvalue weighted by molar-refractivity contribution is 9.10. The molecule has 1 aliphatic heterocycles. The van der Waals surface area contributed by atoms with Gasteiger partial charge < -0.3 is 14.6 Å². The van der Waals surface area contributed by atoms with Gasteiger partial charge in [-0.05, 0) is 71.9 Å². The van der Waals surface area contributed by atoms with Gasteiger partial charge in [0.15, 0.2) is 16.6 Å². The summed E-state index contributed by atoms with van der Waals surface area (Å²) in [5.74, 6) is -1.67. The van der Waals surface area contributed by atoms with Crippen molar-refractivity contribution in [1.82, 2.24) is 5.32 Å². The first-order valence-corrected chi connectivity index (χ1v) is 12.7. The van der Waals surface area contributed by atoms with E-state index in [1.165, 1.54) is 37.5 Å². The van der Waals surface area contributed by atoms with Gasteiger partial charge in [0.05, 0.1) is 18.4 Å². The molecule has 3 aromatic carbocycles. The minimum Gasteiger partial charge on any atom is -0.493 e. The maximum atomic E-state index is 13.3. The molecular formula is C26H18Br2N2O6S. The Hall–Kier alpha value is -3.54. The molecule has 1 aliphatic rings. The molecule has 0 aliphatic carbocycles. The van der Waals surface area contributed by atoms with Crippen LogP contribution in [0, 0.1) is 0 Å². The van der Waals surface area contributed by atoms with Crippen LogP contribution in [0.4, 0.5) is 5.69 Å². The molecule has 3 aromatic rings. The summed E-state index contributed by atoms with van der Waals surface area (Å²) in [6.45, 7) is 0.305. The maximum absolute atomic E-state index is 13.3. The molecule has 0 spiro atoms. The fourth-order valence-corrected chi connectivity index (χ4v) is 4.48. The number of rotatable bonds is 7. The highest BCUT2D eigenvalue weighted by Crippen LogP contribution is 2.36. The number of nitrogens with one attached hydrogen (secondary N) is 1. The van der Waals surface area contributed by atoms with Crippen LogP contribution in [0.3, 0.4) is 0 Å². The first-order chi connectivity index (χ1) is 17.7. The van der Waals surface area contributed by atoms with Gasteiger partial charge in [0.25, 0.3) is 11.8 Å². The largest absolute Gasteiger partial charge is 0.493 e. The Balaban J connectivity index is 1.65. The lowest BCUT2D eigenvalue weighted by Crippen LogP contribution is -2.54. The van der Waals surface area contributed by atoms with Gasteiger partial charge in [0.1, 0.15) is 12.2 Å². The van der Waals surface area contributed by atoms with Crippen LogP contribution in [0.1, 0.15) is 21.5 Å². The number of aromatic carboxylic acids is 1. The summed E-state index contributed by atoms with van der Waals surface area (Å²) in [7, 11) is 1.49. The maximum Gasteiger partial charge on any atom is 0.335 e. The van der Waals surface area contributed by atoms with Crippen LogP contribution in [-0.4, -0.2) is 35.1 Å². The molecule has 8 nitrogen and oxygen atoms in total. The number of anilines is 1. The number of carbonyl (C=O) groups excluding carboxylic acids is 2. The Kier molecular flexibility index (Phi) is 8.06. The molecule has 2 amide bonds. The number of carbonyl (C=O) groups is 3. The zero-order chi connectivity index (χ0) is 26.7. The number of halogens is 2. The van der Waals surface area contributed by atoms with Crippen LogP contribution in [0.15, 0.2) is 75.2 Å². The van der Waals surface area contributed by atoms with Crippen LogP contribution < -0.4 is 19.7 Å². The summed E-state index contributed by atoms with van der Waals surface area (Å²) in [6, 6.07) is 16.7. The van der Waals surface area contributed by atoms with E-state index in [-0.39, 0.29) is 21.9 Å². The fraction of sp³-hybridized carbons (Fsp3) is 0.0769. The predicted molar refractivity (Wildman–Crippen MR) is 149 cm³/mol. The molecule has 1 saturated heterocycles. The number of ether oxygens (including phenoxy) is 2. The molecule has 1 fully saturated rings. The van der Waals surface area contributed by atoms with E-state index in [2.05, 4.69) is 37.2 Å². The standard InChI is InChI=1S/C26H18Br2N2O6S/c1-35-21-11-16(20(28)12-22(21)36-13-14-5-7-17(27)8-6-14)10-19-23(31)29-26(37)30(24(19)32)18-4-2-3-15(9-18)25(33)34/h2-12H,13H2,1H3,(H,33,34)(H,29,31,37).